The molecule has 0 atom stereocenters. The molecule has 2 aromatic rings. The second-order valence-corrected chi connectivity index (χ2v) is 6.80. The van der Waals surface area contributed by atoms with E-state index in [0.717, 1.165) is 14.7 Å². The van der Waals surface area contributed by atoms with Crippen molar-refractivity contribution in [2.24, 2.45) is 4.99 Å². The minimum atomic E-state index is -0.410. The SMILES string of the molecule is CC(C)c1ccc(/C=C2/N=C(c3ccccc3I)OC2=O)cc1. The molecule has 0 unspecified atom stereocenters. The van der Waals surface area contributed by atoms with Crippen LogP contribution in [0.4, 0.5) is 0 Å². The number of hydrogen-bond donors (Lipinski definition) is 0. The Morgan fingerprint density at radius 2 is 1.78 bits per heavy atom. The third-order valence-electron chi connectivity index (χ3n) is 3.63. The van der Waals surface area contributed by atoms with Gasteiger partial charge in [0.1, 0.15) is 0 Å². The van der Waals surface area contributed by atoms with Crippen molar-refractivity contribution in [1.29, 1.82) is 0 Å². The maximum Gasteiger partial charge on any atom is 0.363 e. The molecule has 0 aliphatic carbocycles. The van der Waals surface area contributed by atoms with Crippen LogP contribution in [0.3, 0.4) is 0 Å². The number of hydrogen-bond acceptors (Lipinski definition) is 3. The molecule has 0 saturated heterocycles. The summed E-state index contributed by atoms with van der Waals surface area (Å²) in [5, 5.41) is 0. The highest BCUT2D eigenvalue weighted by Gasteiger charge is 2.25. The van der Waals surface area contributed by atoms with E-state index in [-0.39, 0.29) is 0 Å². The molecular weight excluding hydrogens is 401 g/mol. The van der Waals surface area contributed by atoms with Gasteiger partial charge in [0.2, 0.25) is 5.90 Å². The molecule has 0 spiro atoms. The van der Waals surface area contributed by atoms with Gasteiger partial charge in [-0.2, -0.15) is 0 Å². The van der Waals surface area contributed by atoms with Crippen LogP contribution < -0.4 is 0 Å². The van der Waals surface area contributed by atoms with Crippen LogP contribution in [0, 0.1) is 3.57 Å². The molecule has 0 saturated carbocycles. The predicted molar refractivity (Wildman–Crippen MR) is 100 cm³/mol. The lowest BCUT2D eigenvalue weighted by Crippen LogP contribution is -2.06. The Hall–Kier alpha value is -1.95. The molecule has 0 fully saturated rings. The van der Waals surface area contributed by atoms with Crippen molar-refractivity contribution in [2.45, 2.75) is 19.8 Å². The Labute approximate surface area is 149 Å². The summed E-state index contributed by atoms with van der Waals surface area (Å²) < 4.78 is 6.31. The third-order valence-corrected chi connectivity index (χ3v) is 4.57. The van der Waals surface area contributed by atoms with Crippen molar-refractivity contribution in [2.75, 3.05) is 0 Å². The first-order valence-electron chi connectivity index (χ1n) is 7.42. The fourth-order valence-electron chi connectivity index (χ4n) is 2.29. The monoisotopic (exact) mass is 417 g/mol. The number of carbonyl (C=O) groups excluding carboxylic acids is 1. The average Bonchev–Trinajstić information content (AvgIpc) is 2.89. The fourth-order valence-corrected chi connectivity index (χ4v) is 2.91. The number of cyclic esters (lactones) is 1. The number of halogens is 1. The summed E-state index contributed by atoms with van der Waals surface area (Å²) >= 11 is 2.21. The molecule has 0 bridgehead atoms. The molecule has 3 rings (SSSR count). The number of aliphatic imine (C=N–C) groups is 1. The van der Waals surface area contributed by atoms with Crippen molar-refractivity contribution in [1.82, 2.24) is 0 Å². The van der Waals surface area contributed by atoms with Crippen LogP contribution in [0.25, 0.3) is 6.08 Å². The van der Waals surface area contributed by atoms with Gasteiger partial charge in [-0.05, 0) is 57.8 Å². The Balaban J connectivity index is 1.90. The van der Waals surface area contributed by atoms with Gasteiger partial charge in [-0.15, -0.1) is 0 Å². The molecule has 1 aliphatic rings. The van der Waals surface area contributed by atoms with Crippen molar-refractivity contribution in [3.63, 3.8) is 0 Å². The maximum absolute atomic E-state index is 12.0. The van der Waals surface area contributed by atoms with Crippen LogP contribution in [0.2, 0.25) is 0 Å². The van der Waals surface area contributed by atoms with Crippen LogP contribution in [0.15, 0.2) is 59.2 Å². The Kier molecular flexibility index (Phi) is 4.61. The summed E-state index contributed by atoms with van der Waals surface area (Å²) in [5.74, 6) is 0.440. The largest absolute Gasteiger partial charge is 0.402 e. The summed E-state index contributed by atoms with van der Waals surface area (Å²) in [6.45, 7) is 4.31. The van der Waals surface area contributed by atoms with Gasteiger partial charge < -0.3 is 4.74 Å². The number of ether oxygens (including phenoxy) is 1. The number of nitrogens with zero attached hydrogens (tertiary/aromatic N) is 1. The van der Waals surface area contributed by atoms with E-state index in [4.69, 9.17) is 4.74 Å². The van der Waals surface area contributed by atoms with Gasteiger partial charge in [-0.3, -0.25) is 0 Å². The third kappa shape index (κ3) is 3.52. The zero-order valence-corrected chi connectivity index (χ0v) is 15.1. The molecule has 0 radical (unpaired) electrons. The fraction of sp³-hybridized carbons (Fsp3) is 0.158. The number of esters is 1. The zero-order valence-electron chi connectivity index (χ0n) is 12.9. The van der Waals surface area contributed by atoms with Gasteiger partial charge in [0, 0.05) is 3.57 Å². The van der Waals surface area contributed by atoms with Crippen molar-refractivity contribution >= 4 is 40.5 Å². The van der Waals surface area contributed by atoms with E-state index in [9.17, 15) is 4.79 Å². The van der Waals surface area contributed by atoms with E-state index in [1.807, 2.05) is 36.4 Å². The minimum absolute atomic E-state index is 0.331. The standard InChI is InChI=1S/C19H16INO2/c1-12(2)14-9-7-13(8-10-14)11-17-19(22)23-18(21-17)15-5-3-4-6-16(15)20/h3-12H,1-2H3/b17-11+. The zero-order chi connectivity index (χ0) is 16.4. The number of rotatable bonds is 3. The molecule has 0 aromatic heterocycles. The molecule has 1 heterocycles. The topological polar surface area (TPSA) is 38.7 Å². The quantitative estimate of drug-likeness (QED) is 0.411. The molecule has 2 aromatic carbocycles. The van der Waals surface area contributed by atoms with E-state index in [0.29, 0.717) is 17.5 Å². The Morgan fingerprint density at radius 3 is 2.43 bits per heavy atom. The molecule has 0 N–H and O–H groups in total. The lowest BCUT2D eigenvalue weighted by atomic mass is 10.0. The number of benzene rings is 2. The highest BCUT2D eigenvalue weighted by molar-refractivity contribution is 14.1. The van der Waals surface area contributed by atoms with Gasteiger partial charge in [-0.25, -0.2) is 9.79 Å². The van der Waals surface area contributed by atoms with Crippen molar-refractivity contribution < 1.29 is 9.53 Å². The minimum Gasteiger partial charge on any atom is -0.402 e. The van der Waals surface area contributed by atoms with Gasteiger partial charge >= 0.3 is 5.97 Å². The van der Waals surface area contributed by atoms with Gasteiger partial charge in [-0.1, -0.05) is 50.2 Å². The molecule has 4 heteroatoms. The van der Waals surface area contributed by atoms with Crippen LogP contribution in [-0.4, -0.2) is 11.9 Å². The molecule has 0 amide bonds. The first kappa shape index (κ1) is 15.9. The van der Waals surface area contributed by atoms with E-state index >= 15 is 0 Å². The normalized spacial score (nSPS) is 15.9. The van der Waals surface area contributed by atoms with E-state index in [1.54, 1.807) is 6.08 Å². The molecule has 23 heavy (non-hydrogen) atoms. The summed E-state index contributed by atoms with van der Waals surface area (Å²) in [6.07, 6.45) is 1.76. The first-order valence-corrected chi connectivity index (χ1v) is 8.50. The van der Waals surface area contributed by atoms with E-state index in [1.165, 1.54) is 5.56 Å². The predicted octanol–water partition coefficient (Wildman–Crippen LogP) is 4.76. The number of carbonyl (C=O) groups is 1. The Bertz CT molecular complexity index is 804. The van der Waals surface area contributed by atoms with E-state index < -0.39 is 5.97 Å². The van der Waals surface area contributed by atoms with Gasteiger partial charge in [0.25, 0.3) is 0 Å². The van der Waals surface area contributed by atoms with Crippen LogP contribution in [0.5, 0.6) is 0 Å². The van der Waals surface area contributed by atoms with Gasteiger partial charge in [0.05, 0.1) is 5.56 Å². The molecule has 1 aliphatic heterocycles. The Morgan fingerprint density at radius 1 is 1.09 bits per heavy atom. The molecular formula is C19H16INO2. The van der Waals surface area contributed by atoms with Gasteiger partial charge in [0.15, 0.2) is 5.70 Å². The second kappa shape index (κ2) is 6.66. The van der Waals surface area contributed by atoms with Crippen LogP contribution >= 0.6 is 22.6 Å². The summed E-state index contributed by atoms with van der Waals surface area (Å²) in [5.41, 5.74) is 3.37. The van der Waals surface area contributed by atoms with Crippen molar-refractivity contribution in [3.8, 4) is 0 Å². The highest BCUT2D eigenvalue weighted by atomic mass is 127. The molecule has 116 valence electrons. The second-order valence-electron chi connectivity index (χ2n) is 5.64. The maximum atomic E-state index is 12.0. The first-order chi connectivity index (χ1) is 11.0. The summed E-state index contributed by atoms with van der Waals surface area (Å²) in [7, 11) is 0. The summed E-state index contributed by atoms with van der Waals surface area (Å²) in [4.78, 5) is 16.4. The lowest BCUT2D eigenvalue weighted by Gasteiger charge is -2.04. The van der Waals surface area contributed by atoms with Crippen LogP contribution in [0.1, 0.15) is 36.5 Å². The smallest absolute Gasteiger partial charge is 0.363 e. The van der Waals surface area contributed by atoms with E-state index in [2.05, 4.69) is 53.6 Å². The lowest BCUT2D eigenvalue weighted by molar-refractivity contribution is -0.129. The average molecular weight is 417 g/mol. The molecule has 3 nitrogen and oxygen atoms in total. The van der Waals surface area contributed by atoms with Crippen LogP contribution in [-0.2, 0) is 9.53 Å². The summed E-state index contributed by atoms with van der Waals surface area (Å²) in [6, 6.07) is 15.8. The highest BCUT2D eigenvalue weighted by Crippen LogP contribution is 2.22. The van der Waals surface area contributed by atoms with Crippen molar-refractivity contribution in [3.05, 3.63) is 74.5 Å².